The molecular formula is C13H16N2O6. The molecule has 0 fully saturated rings. The molecule has 0 heterocycles. The molecule has 0 aromatic heterocycles. The maximum absolute atomic E-state index is 12.0. The monoisotopic (exact) mass is 296 g/mol. The van der Waals surface area contributed by atoms with Crippen molar-refractivity contribution in [3.8, 4) is 5.75 Å². The van der Waals surface area contributed by atoms with E-state index in [9.17, 15) is 19.7 Å². The number of nitro groups is 1. The number of carboxylic acid groups (broad SMARTS) is 1. The van der Waals surface area contributed by atoms with Crippen LogP contribution in [0.1, 0.15) is 30.1 Å². The summed E-state index contributed by atoms with van der Waals surface area (Å²) >= 11 is 0. The fourth-order valence-corrected chi connectivity index (χ4v) is 1.75. The van der Waals surface area contributed by atoms with Crippen LogP contribution in [0.25, 0.3) is 0 Å². The lowest BCUT2D eigenvalue weighted by molar-refractivity contribution is -0.385. The Kier molecular flexibility index (Phi) is 5.65. The molecule has 1 atom stereocenters. The Balaban J connectivity index is 2.94. The number of benzene rings is 1. The molecule has 0 radical (unpaired) electrons. The van der Waals surface area contributed by atoms with E-state index < -0.39 is 22.8 Å². The summed E-state index contributed by atoms with van der Waals surface area (Å²) in [5.74, 6) is -1.54. The summed E-state index contributed by atoms with van der Waals surface area (Å²) in [7, 11) is 1.29. The predicted octanol–water partition coefficient (Wildman–Crippen LogP) is 1.59. The van der Waals surface area contributed by atoms with Crippen LogP contribution in [-0.2, 0) is 4.79 Å². The topological polar surface area (TPSA) is 119 Å². The number of nitrogens with zero attached hydrogens (tertiary/aromatic N) is 1. The number of methoxy groups -OCH3 is 1. The van der Waals surface area contributed by atoms with Crippen molar-refractivity contribution in [3.05, 3.63) is 33.9 Å². The van der Waals surface area contributed by atoms with E-state index in [0.29, 0.717) is 6.42 Å². The lowest BCUT2D eigenvalue weighted by atomic mass is 10.1. The van der Waals surface area contributed by atoms with Gasteiger partial charge in [0.1, 0.15) is 0 Å². The van der Waals surface area contributed by atoms with Gasteiger partial charge >= 0.3 is 11.7 Å². The summed E-state index contributed by atoms with van der Waals surface area (Å²) in [6.07, 6.45) is 0.233. The molecule has 1 aromatic rings. The molecular weight excluding hydrogens is 280 g/mol. The van der Waals surface area contributed by atoms with Gasteiger partial charge in [0.2, 0.25) is 0 Å². The Bertz CT molecular complexity index is 558. The highest BCUT2D eigenvalue weighted by atomic mass is 16.6. The molecule has 0 bridgehead atoms. The van der Waals surface area contributed by atoms with Crippen molar-refractivity contribution in [2.24, 2.45) is 0 Å². The molecule has 0 aliphatic heterocycles. The molecule has 0 spiro atoms. The highest BCUT2D eigenvalue weighted by molar-refractivity contribution is 5.95. The molecule has 0 aliphatic carbocycles. The average Bonchev–Trinajstić information content (AvgIpc) is 2.45. The van der Waals surface area contributed by atoms with Crippen molar-refractivity contribution >= 4 is 17.6 Å². The van der Waals surface area contributed by atoms with Gasteiger partial charge in [-0.15, -0.1) is 0 Å². The van der Waals surface area contributed by atoms with E-state index in [0.717, 1.165) is 6.07 Å². The first-order valence-corrected chi connectivity index (χ1v) is 6.24. The third-order valence-corrected chi connectivity index (χ3v) is 2.89. The largest absolute Gasteiger partial charge is 0.490 e. The minimum Gasteiger partial charge on any atom is -0.490 e. The molecule has 8 nitrogen and oxygen atoms in total. The number of carboxylic acids is 1. The Morgan fingerprint density at radius 2 is 2.14 bits per heavy atom. The van der Waals surface area contributed by atoms with E-state index in [1.165, 1.54) is 19.2 Å². The minimum absolute atomic E-state index is 0.0501. The van der Waals surface area contributed by atoms with E-state index in [-0.39, 0.29) is 23.4 Å². The van der Waals surface area contributed by atoms with E-state index in [1.807, 2.05) is 0 Å². The fraction of sp³-hybridized carbons (Fsp3) is 0.385. The van der Waals surface area contributed by atoms with Crippen LogP contribution in [-0.4, -0.2) is 35.1 Å². The summed E-state index contributed by atoms with van der Waals surface area (Å²) in [6, 6.07) is 3.28. The molecule has 2 N–H and O–H groups in total. The van der Waals surface area contributed by atoms with Gasteiger partial charge < -0.3 is 15.2 Å². The van der Waals surface area contributed by atoms with Crippen molar-refractivity contribution in [2.75, 3.05) is 7.11 Å². The zero-order valence-corrected chi connectivity index (χ0v) is 11.7. The third-order valence-electron chi connectivity index (χ3n) is 2.89. The molecule has 1 amide bonds. The first-order chi connectivity index (χ1) is 9.88. The number of nitro benzene ring substituents is 1. The molecule has 1 rings (SSSR count). The second kappa shape index (κ2) is 7.22. The van der Waals surface area contributed by atoms with Crippen LogP contribution in [0, 0.1) is 10.1 Å². The molecule has 0 aliphatic rings. The van der Waals surface area contributed by atoms with Gasteiger partial charge in [0, 0.05) is 17.7 Å². The SMILES string of the molecule is CCC(CC(=O)O)NC(=O)c1ccc(OC)c([N+](=O)[O-])c1. The number of carbonyl (C=O) groups excluding carboxylic acids is 1. The lowest BCUT2D eigenvalue weighted by Crippen LogP contribution is -2.36. The zero-order valence-electron chi connectivity index (χ0n) is 11.7. The zero-order chi connectivity index (χ0) is 16.0. The summed E-state index contributed by atoms with van der Waals surface area (Å²) in [6.45, 7) is 1.74. The smallest absolute Gasteiger partial charge is 0.311 e. The van der Waals surface area contributed by atoms with Gasteiger partial charge in [-0.1, -0.05) is 6.92 Å². The number of carbonyl (C=O) groups is 2. The van der Waals surface area contributed by atoms with Crippen LogP contribution in [0.15, 0.2) is 18.2 Å². The summed E-state index contributed by atoms with van der Waals surface area (Å²) < 4.78 is 4.85. The van der Waals surface area contributed by atoms with Gasteiger partial charge in [0.05, 0.1) is 18.5 Å². The number of hydrogen-bond acceptors (Lipinski definition) is 5. The van der Waals surface area contributed by atoms with Gasteiger partial charge in [-0.25, -0.2) is 0 Å². The highest BCUT2D eigenvalue weighted by Crippen LogP contribution is 2.27. The van der Waals surface area contributed by atoms with Crippen LogP contribution in [0.5, 0.6) is 5.75 Å². The van der Waals surface area contributed by atoms with Crippen molar-refractivity contribution in [1.82, 2.24) is 5.32 Å². The van der Waals surface area contributed by atoms with Crippen LogP contribution in [0.2, 0.25) is 0 Å². The highest BCUT2D eigenvalue weighted by Gasteiger charge is 2.20. The number of amides is 1. The first kappa shape index (κ1) is 16.4. The summed E-state index contributed by atoms with van der Waals surface area (Å²) in [5, 5.41) is 22.2. The Labute approximate surface area is 120 Å². The third kappa shape index (κ3) is 4.44. The lowest BCUT2D eigenvalue weighted by Gasteiger charge is -2.14. The van der Waals surface area contributed by atoms with Crippen molar-refractivity contribution in [2.45, 2.75) is 25.8 Å². The standard InChI is InChI=1S/C13H16N2O6/c1-3-9(7-12(16)17)14-13(18)8-4-5-11(21-2)10(6-8)15(19)20/h4-6,9H,3,7H2,1-2H3,(H,14,18)(H,16,17). The van der Waals surface area contributed by atoms with Crippen molar-refractivity contribution < 1.29 is 24.4 Å². The first-order valence-electron chi connectivity index (χ1n) is 6.24. The molecule has 1 unspecified atom stereocenters. The maximum atomic E-state index is 12.0. The molecule has 114 valence electrons. The molecule has 21 heavy (non-hydrogen) atoms. The van der Waals surface area contributed by atoms with E-state index in [1.54, 1.807) is 6.92 Å². The predicted molar refractivity (Wildman–Crippen MR) is 73.4 cm³/mol. The van der Waals surface area contributed by atoms with Gasteiger partial charge in [-0.05, 0) is 18.6 Å². The summed E-state index contributed by atoms with van der Waals surface area (Å²) in [5.41, 5.74) is -0.247. The Morgan fingerprint density at radius 3 is 2.62 bits per heavy atom. The summed E-state index contributed by atoms with van der Waals surface area (Å²) in [4.78, 5) is 32.9. The van der Waals surface area contributed by atoms with Gasteiger partial charge in [0.15, 0.2) is 5.75 Å². The quantitative estimate of drug-likeness (QED) is 0.582. The Morgan fingerprint density at radius 1 is 1.48 bits per heavy atom. The second-order valence-electron chi connectivity index (χ2n) is 4.32. The number of rotatable bonds is 7. The number of nitrogens with one attached hydrogen (secondary N) is 1. The fourth-order valence-electron chi connectivity index (χ4n) is 1.75. The number of aliphatic carboxylic acids is 1. The number of hydrogen-bond donors (Lipinski definition) is 2. The van der Waals surface area contributed by atoms with Gasteiger partial charge in [-0.3, -0.25) is 19.7 Å². The normalized spacial score (nSPS) is 11.5. The van der Waals surface area contributed by atoms with Gasteiger partial charge in [-0.2, -0.15) is 0 Å². The van der Waals surface area contributed by atoms with E-state index in [4.69, 9.17) is 9.84 Å². The molecule has 1 aromatic carbocycles. The molecule has 8 heteroatoms. The van der Waals surface area contributed by atoms with E-state index in [2.05, 4.69) is 5.32 Å². The number of ether oxygens (including phenoxy) is 1. The van der Waals surface area contributed by atoms with Crippen LogP contribution in [0.3, 0.4) is 0 Å². The van der Waals surface area contributed by atoms with Crippen LogP contribution in [0.4, 0.5) is 5.69 Å². The maximum Gasteiger partial charge on any atom is 0.311 e. The Hall–Kier alpha value is -2.64. The molecule has 0 saturated carbocycles. The average molecular weight is 296 g/mol. The van der Waals surface area contributed by atoms with E-state index >= 15 is 0 Å². The van der Waals surface area contributed by atoms with Crippen LogP contribution >= 0.6 is 0 Å². The minimum atomic E-state index is -1.03. The van der Waals surface area contributed by atoms with Crippen molar-refractivity contribution in [1.29, 1.82) is 0 Å². The van der Waals surface area contributed by atoms with Gasteiger partial charge in [0.25, 0.3) is 5.91 Å². The molecule has 0 saturated heterocycles. The second-order valence-corrected chi connectivity index (χ2v) is 4.32. The van der Waals surface area contributed by atoms with Crippen LogP contribution < -0.4 is 10.1 Å². The van der Waals surface area contributed by atoms with Crippen molar-refractivity contribution in [3.63, 3.8) is 0 Å².